The molecule has 0 spiro atoms. The van der Waals surface area contributed by atoms with Crippen molar-refractivity contribution in [3.05, 3.63) is 39.9 Å². The summed E-state index contributed by atoms with van der Waals surface area (Å²) >= 11 is 0. The minimum absolute atomic E-state index is 0.0929. The van der Waals surface area contributed by atoms with Gasteiger partial charge in [0.1, 0.15) is 0 Å². The molecule has 1 atom stereocenters. The van der Waals surface area contributed by atoms with Crippen LogP contribution in [0.1, 0.15) is 17.3 Å². The normalized spacial score (nSPS) is 12.0. The maximum Gasteiger partial charge on any atom is 0.270 e. The zero-order chi connectivity index (χ0) is 16.0. The summed E-state index contributed by atoms with van der Waals surface area (Å²) in [5.74, 6) is -0.548. The number of benzene rings is 1. The molecule has 7 heteroatoms. The average molecular weight is 293 g/mol. The molecule has 1 aromatic carbocycles. The number of likely N-dealkylation sites (N-methyl/N-ethyl adjacent to an activating group) is 1. The fraction of sp³-hybridized carbons (Fsp3) is 0.429. The molecule has 0 aliphatic heterocycles. The van der Waals surface area contributed by atoms with Crippen molar-refractivity contribution in [1.29, 1.82) is 0 Å². The van der Waals surface area contributed by atoms with Gasteiger partial charge < -0.3 is 5.32 Å². The SMILES string of the molecule is CNC(=O)C(C)CN(C)CC(=O)c1cccc([N+](=O)[O-])c1. The van der Waals surface area contributed by atoms with E-state index in [9.17, 15) is 19.7 Å². The molecule has 0 saturated carbocycles. The van der Waals surface area contributed by atoms with Crippen LogP contribution in [0.5, 0.6) is 0 Å². The van der Waals surface area contributed by atoms with Gasteiger partial charge in [0, 0.05) is 37.2 Å². The summed E-state index contributed by atoms with van der Waals surface area (Å²) < 4.78 is 0. The van der Waals surface area contributed by atoms with Gasteiger partial charge in [0.15, 0.2) is 5.78 Å². The highest BCUT2D eigenvalue weighted by Gasteiger charge is 2.17. The van der Waals surface area contributed by atoms with Crippen LogP contribution in [-0.2, 0) is 4.79 Å². The van der Waals surface area contributed by atoms with Crippen LogP contribution in [0.3, 0.4) is 0 Å². The van der Waals surface area contributed by atoms with Crippen molar-refractivity contribution < 1.29 is 14.5 Å². The summed E-state index contributed by atoms with van der Waals surface area (Å²) in [4.78, 5) is 35.4. The summed E-state index contributed by atoms with van der Waals surface area (Å²) in [6.07, 6.45) is 0. The van der Waals surface area contributed by atoms with Crippen LogP contribution in [0, 0.1) is 16.0 Å². The van der Waals surface area contributed by atoms with Crippen molar-refractivity contribution >= 4 is 17.4 Å². The van der Waals surface area contributed by atoms with E-state index in [0.717, 1.165) is 0 Å². The van der Waals surface area contributed by atoms with Gasteiger partial charge in [0.2, 0.25) is 5.91 Å². The summed E-state index contributed by atoms with van der Waals surface area (Å²) in [6, 6.07) is 5.64. The molecule has 0 aliphatic carbocycles. The van der Waals surface area contributed by atoms with Crippen LogP contribution in [0.15, 0.2) is 24.3 Å². The number of non-ortho nitro benzene ring substituents is 1. The van der Waals surface area contributed by atoms with E-state index in [4.69, 9.17) is 0 Å². The zero-order valence-electron chi connectivity index (χ0n) is 12.3. The summed E-state index contributed by atoms with van der Waals surface area (Å²) in [6.45, 7) is 2.30. The molecule has 0 radical (unpaired) electrons. The van der Waals surface area contributed by atoms with Gasteiger partial charge in [-0.1, -0.05) is 19.1 Å². The van der Waals surface area contributed by atoms with Crippen molar-refractivity contribution in [1.82, 2.24) is 10.2 Å². The summed E-state index contributed by atoms with van der Waals surface area (Å²) in [5, 5.41) is 13.2. The number of Topliss-reactive ketones (excluding diaryl/α,β-unsaturated/α-hetero) is 1. The van der Waals surface area contributed by atoms with Crippen LogP contribution >= 0.6 is 0 Å². The second-order valence-corrected chi connectivity index (χ2v) is 4.94. The molecule has 1 aromatic rings. The van der Waals surface area contributed by atoms with Gasteiger partial charge >= 0.3 is 0 Å². The van der Waals surface area contributed by atoms with Crippen LogP contribution in [-0.4, -0.2) is 48.7 Å². The zero-order valence-corrected chi connectivity index (χ0v) is 12.3. The lowest BCUT2D eigenvalue weighted by molar-refractivity contribution is -0.384. The third-order valence-electron chi connectivity index (χ3n) is 3.07. The van der Waals surface area contributed by atoms with Crippen molar-refractivity contribution in [2.45, 2.75) is 6.92 Å². The Labute approximate surface area is 123 Å². The van der Waals surface area contributed by atoms with Gasteiger partial charge in [0.05, 0.1) is 11.5 Å². The fourth-order valence-electron chi connectivity index (χ4n) is 1.99. The molecule has 1 unspecified atom stereocenters. The Bertz CT molecular complexity index is 545. The number of nitrogens with one attached hydrogen (secondary N) is 1. The standard InChI is InChI=1S/C14H19N3O4/c1-10(14(19)15-2)8-16(3)9-13(18)11-5-4-6-12(7-11)17(20)21/h4-7,10H,8-9H2,1-3H3,(H,15,19). The maximum absolute atomic E-state index is 12.1. The third-order valence-corrected chi connectivity index (χ3v) is 3.07. The topological polar surface area (TPSA) is 92.6 Å². The first-order chi connectivity index (χ1) is 9.85. The molecule has 0 bridgehead atoms. The molecule has 0 saturated heterocycles. The number of ketones is 1. The average Bonchev–Trinajstić information content (AvgIpc) is 2.46. The minimum atomic E-state index is -0.534. The molecular formula is C14H19N3O4. The van der Waals surface area contributed by atoms with E-state index in [0.29, 0.717) is 12.1 Å². The first kappa shape index (κ1) is 16.8. The Morgan fingerprint density at radius 2 is 2.10 bits per heavy atom. The lowest BCUT2D eigenvalue weighted by Crippen LogP contribution is -2.36. The number of carbonyl (C=O) groups excluding carboxylic acids is 2. The number of nitro benzene ring substituents is 1. The van der Waals surface area contributed by atoms with E-state index in [1.54, 1.807) is 32.0 Å². The molecule has 7 nitrogen and oxygen atoms in total. The van der Waals surface area contributed by atoms with Gasteiger partial charge in [-0.2, -0.15) is 0 Å². The maximum atomic E-state index is 12.1. The molecule has 0 aromatic heterocycles. The van der Waals surface area contributed by atoms with Crippen LogP contribution in [0.25, 0.3) is 0 Å². The Hall–Kier alpha value is -2.28. The Kier molecular flexibility index (Phi) is 5.98. The number of nitrogens with zero attached hydrogens (tertiary/aromatic N) is 2. The highest BCUT2D eigenvalue weighted by molar-refractivity contribution is 5.98. The van der Waals surface area contributed by atoms with Crippen LogP contribution in [0.4, 0.5) is 5.69 Å². The first-order valence-corrected chi connectivity index (χ1v) is 6.53. The van der Waals surface area contributed by atoms with Crippen LogP contribution in [0.2, 0.25) is 0 Å². The summed E-state index contributed by atoms with van der Waals surface area (Å²) in [5.41, 5.74) is 0.186. The molecular weight excluding hydrogens is 274 g/mol. The second kappa shape index (κ2) is 7.49. The highest BCUT2D eigenvalue weighted by atomic mass is 16.6. The number of nitro groups is 1. The first-order valence-electron chi connectivity index (χ1n) is 6.53. The Balaban J connectivity index is 2.66. The fourth-order valence-corrected chi connectivity index (χ4v) is 1.99. The summed E-state index contributed by atoms with van der Waals surface area (Å²) in [7, 11) is 3.29. The third kappa shape index (κ3) is 4.96. The van der Waals surface area contributed by atoms with E-state index in [1.807, 2.05) is 0 Å². The Morgan fingerprint density at radius 3 is 2.67 bits per heavy atom. The van der Waals surface area contributed by atoms with Crippen molar-refractivity contribution in [2.24, 2.45) is 5.92 Å². The molecule has 0 heterocycles. The molecule has 1 N–H and O–H groups in total. The minimum Gasteiger partial charge on any atom is -0.359 e. The van der Waals surface area contributed by atoms with Gasteiger partial charge in [0.25, 0.3) is 5.69 Å². The van der Waals surface area contributed by atoms with Gasteiger partial charge in [-0.3, -0.25) is 24.6 Å². The van der Waals surface area contributed by atoms with Gasteiger partial charge in [-0.05, 0) is 7.05 Å². The monoisotopic (exact) mass is 293 g/mol. The van der Waals surface area contributed by atoms with E-state index in [-0.39, 0.29) is 29.8 Å². The molecule has 21 heavy (non-hydrogen) atoms. The predicted molar refractivity (Wildman–Crippen MR) is 78.2 cm³/mol. The Morgan fingerprint density at radius 1 is 1.43 bits per heavy atom. The van der Waals surface area contributed by atoms with Crippen molar-refractivity contribution in [2.75, 3.05) is 27.2 Å². The van der Waals surface area contributed by atoms with Gasteiger partial charge in [-0.15, -0.1) is 0 Å². The number of hydrogen-bond acceptors (Lipinski definition) is 5. The largest absolute Gasteiger partial charge is 0.359 e. The number of carbonyl (C=O) groups is 2. The molecule has 114 valence electrons. The lowest BCUT2D eigenvalue weighted by atomic mass is 10.1. The van der Waals surface area contributed by atoms with E-state index in [1.165, 1.54) is 18.2 Å². The smallest absolute Gasteiger partial charge is 0.270 e. The van der Waals surface area contributed by atoms with E-state index >= 15 is 0 Å². The number of rotatable bonds is 7. The predicted octanol–water partition coefficient (Wildman–Crippen LogP) is 1.09. The number of hydrogen-bond donors (Lipinski definition) is 1. The van der Waals surface area contributed by atoms with Gasteiger partial charge in [-0.25, -0.2) is 0 Å². The van der Waals surface area contributed by atoms with Crippen molar-refractivity contribution in [3.8, 4) is 0 Å². The molecule has 1 rings (SSSR count). The lowest BCUT2D eigenvalue weighted by Gasteiger charge is -2.19. The van der Waals surface area contributed by atoms with E-state index < -0.39 is 4.92 Å². The van der Waals surface area contributed by atoms with E-state index in [2.05, 4.69) is 5.32 Å². The molecule has 0 aliphatic rings. The van der Waals surface area contributed by atoms with Crippen LogP contribution < -0.4 is 5.32 Å². The quantitative estimate of drug-likeness (QED) is 0.461. The number of amides is 1. The highest BCUT2D eigenvalue weighted by Crippen LogP contribution is 2.14. The molecule has 0 fully saturated rings. The second-order valence-electron chi connectivity index (χ2n) is 4.94. The molecule has 1 amide bonds. The van der Waals surface area contributed by atoms with Crippen molar-refractivity contribution in [3.63, 3.8) is 0 Å².